The maximum Gasteiger partial charge on any atom is 0.288 e. The minimum Gasteiger partial charge on any atom is -0.459 e. The molecule has 5 nitrogen and oxygen atoms in total. The molecule has 0 saturated carbocycles. The van der Waals surface area contributed by atoms with Gasteiger partial charge in [-0.05, 0) is 59.0 Å². The van der Waals surface area contributed by atoms with E-state index in [9.17, 15) is 9.59 Å². The van der Waals surface area contributed by atoms with E-state index in [2.05, 4.69) is 33.2 Å². The molecule has 6 heteroatoms. The fraction of sp³-hybridized carbons (Fsp3) is 0.0526. The summed E-state index contributed by atoms with van der Waals surface area (Å²) in [5.41, 5.74) is 1.24. The zero-order chi connectivity index (χ0) is 17.6. The Morgan fingerprint density at radius 1 is 0.920 bits per heavy atom. The van der Waals surface area contributed by atoms with E-state index in [0.717, 1.165) is 9.26 Å². The predicted molar refractivity (Wildman–Crippen MR) is 104 cm³/mol. The van der Waals surface area contributed by atoms with Crippen LogP contribution in [0, 0.1) is 3.57 Å². The molecule has 2 N–H and O–H groups in total. The number of hydrogen-bond acceptors (Lipinski definition) is 4. The Balaban J connectivity index is 1.83. The van der Waals surface area contributed by atoms with Gasteiger partial charge in [-0.1, -0.05) is 30.3 Å². The highest BCUT2D eigenvalue weighted by molar-refractivity contribution is 14.1. The number of carbonyl (C=O) groups is 2. The third-order valence-corrected chi connectivity index (χ3v) is 4.22. The number of Topliss-reactive ketones (excluding diaryl/α,β-unsaturated/α-hetero) is 1. The molecule has 126 valence electrons. The summed E-state index contributed by atoms with van der Waals surface area (Å²) >= 11 is 2.20. The minimum absolute atomic E-state index is 0.148. The van der Waals surface area contributed by atoms with Crippen molar-refractivity contribution in [1.29, 1.82) is 0 Å². The second kappa shape index (κ2) is 7.98. The van der Waals surface area contributed by atoms with Crippen molar-refractivity contribution in [2.24, 2.45) is 0 Å². The first-order valence-electron chi connectivity index (χ1n) is 7.59. The highest BCUT2D eigenvalue weighted by atomic mass is 127. The van der Waals surface area contributed by atoms with Gasteiger partial charge in [-0.25, -0.2) is 0 Å². The van der Waals surface area contributed by atoms with Crippen molar-refractivity contribution < 1.29 is 14.0 Å². The van der Waals surface area contributed by atoms with Gasteiger partial charge >= 0.3 is 0 Å². The number of halogens is 1. The smallest absolute Gasteiger partial charge is 0.288 e. The molecule has 0 spiro atoms. The van der Waals surface area contributed by atoms with Gasteiger partial charge in [0, 0.05) is 14.8 Å². The van der Waals surface area contributed by atoms with Gasteiger partial charge in [-0.2, -0.15) is 0 Å². The molecule has 1 atom stereocenters. The van der Waals surface area contributed by atoms with Crippen molar-refractivity contribution in [3.05, 3.63) is 87.9 Å². The summed E-state index contributed by atoms with van der Waals surface area (Å²) in [5.74, 6) is -0.549. The van der Waals surface area contributed by atoms with Gasteiger partial charge < -0.3 is 15.1 Å². The molecule has 25 heavy (non-hydrogen) atoms. The molecule has 0 fully saturated rings. The summed E-state index contributed by atoms with van der Waals surface area (Å²) in [6.45, 7) is 0. The molecule has 1 heterocycles. The van der Waals surface area contributed by atoms with E-state index >= 15 is 0 Å². The topological polar surface area (TPSA) is 71.3 Å². The average molecular weight is 446 g/mol. The van der Waals surface area contributed by atoms with Crippen LogP contribution in [0.3, 0.4) is 0 Å². The van der Waals surface area contributed by atoms with Gasteiger partial charge in [-0.3, -0.25) is 9.59 Å². The van der Waals surface area contributed by atoms with Gasteiger partial charge in [0.1, 0.15) is 0 Å². The Hall–Kier alpha value is -2.61. The molecule has 0 aliphatic rings. The second-order valence-electron chi connectivity index (χ2n) is 5.27. The van der Waals surface area contributed by atoms with E-state index in [0.29, 0.717) is 5.56 Å². The van der Waals surface area contributed by atoms with Crippen molar-refractivity contribution in [3.63, 3.8) is 0 Å². The van der Waals surface area contributed by atoms with Crippen molar-refractivity contribution in [2.45, 2.75) is 6.17 Å². The molecule has 0 unspecified atom stereocenters. The Labute approximate surface area is 158 Å². The van der Waals surface area contributed by atoms with E-state index in [1.165, 1.54) is 6.26 Å². The number of hydrogen-bond donors (Lipinski definition) is 2. The number of rotatable bonds is 6. The molecule has 0 saturated heterocycles. The highest BCUT2D eigenvalue weighted by Gasteiger charge is 2.23. The highest BCUT2D eigenvalue weighted by Crippen LogP contribution is 2.14. The van der Waals surface area contributed by atoms with Crippen LogP contribution < -0.4 is 10.6 Å². The fourth-order valence-electron chi connectivity index (χ4n) is 2.26. The third kappa shape index (κ3) is 4.48. The van der Waals surface area contributed by atoms with Gasteiger partial charge in [-0.15, -0.1) is 0 Å². The van der Waals surface area contributed by atoms with Crippen LogP contribution in [0.2, 0.25) is 0 Å². The Kier molecular flexibility index (Phi) is 5.49. The van der Waals surface area contributed by atoms with Crippen molar-refractivity contribution in [2.75, 3.05) is 5.32 Å². The first kappa shape index (κ1) is 17.2. The number of nitrogens with one attached hydrogen (secondary N) is 2. The first-order chi connectivity index (χ1) is 12.1. The predicted octanol–water partition coefficient (Wildman–Crippen LogP) is 3.94. The van der Waals surface area contributed by atoms with E-state index in [1.807, 2.05) is 30.3 Å². The van der Waals surface area contributed by atoms with Crippen LogP contribution in [0.5, 0.6) is 0 Å². The molecule has 0 aliphatic heterocycles. The van der Waals surface area contributed by atoms with Gasteiger partial charge in [0.25, 0.3) is 5.91 Å². The van der Waals surface area contributed by atoms with Crippen LogP contribution in [-0.4, -0.2) is 17.9 Å². The van der Waals surface area contributed by atoms with E-state index in [1.54, 1.807) is 36.4 Å². The van der Waals surface area contributed by atoms with E-state index < -0.39 is 12.1 Å². The van der Waals surface area contributed by atoms with Crippen LogP contribution in [0.4, 0.5) is 5.69 Å². The van der Waals surface area contributed by atoms with E-state index in [-0.39, 0.29) is 11.5 Å². The van der Waals surface area contributed by atoms with Crippen molar-refractivity contribution >= 4 is 40.0 Å². The van der Waals surface area contributed by atoms with Crippen LogP contribution in [0.1, 0.15) is 20.9 Å². The summed E-state index contributed by atoms with van der Waals surface area (Å²) in [7, 11) is 0. The maximum absolute atomic E-state index is 12.8. The summed E-state index contributed by atoms with van der Waals surface area (Å²) in [6.07, 6.45) is 0.496. The maximum atomic E-state index is 12.8. The quantitative estimate of drug-likeness (QED) is 0.342. The standard InChI is InChI=1S/C19H15IN2O3/c20-14-8-10-15(11-9-14)21-18(17(23)13-5-2-1-3-6-13)22-19(24)16-7-4-12-25-16/h1-12,18,21H,(H,22,24)/t18-/m1/s1. The second-order valence-corrected chi connectivity index (χ2v) is 6.51. The van der Waals surface area contributed by atoms with Crippen LogP contribution in [0.15, 0.2) is 77.4 Å². The van der Waals surface area contributed by atoms with Crippen molar-refractivity contribution in [1.82, 2.24) is 5.32 Å². The number of carbonyl (C=O) groups excluding carboxylic acids is 2. The van der Waals surface area contributed by atoms with Crippen LogP contribution >= 0.6 is 22.6 Å². The molecular formula is C19H15IN2O3. The van der Waals surface area contributed by atoms with Gasteiger partial charge in [0.15, 0.2) is 11.9 Å². The minimum atomic E-state index is -0.917. The fourth-order valence-corrected chi connectivity index (χ4v) is 2.62. The average Bonchev–Trinajstić information content (AvgIpc) is 3.18. The lowest BCUT2D eigenvalue weighted by Crippen LogP contribution is -2.46. The molecule has 1 amide bonds. The lowest BCUT2D eigenvalue weighted by Gasteiger charge is -2.20. The third-order valence-electron chi connectivity index (χ3n) is 3.50. The number of benzene rings is 2. The van der Waals surface area contributed by atoms with Gasteiger partial charge in [0.2, 0.25) is 5.78 Å². The molecule has 2 aromatic carbocycles. The molecule has 3 aromatic rings. The molecule has 1 aromatic heterocycles. The zero-order valence-electron chi connectivity index (χ0n) is 13.1. The molecular weight excluding hydrogens is 431 g/mol. The largest absolute Gasteiger partial charge is 0.459 e. The molecule has 0 aliphatic carbocycles. The SMILES string of the molecule is O=C(N[C@@H](Nc1ccc(I)cc1)C(=O)c1ccccc1)c1ccco1. The van der Waals surface area contributed by atoms with E-state index in [4.69, 9.17) is 4.42 Å². The van der Waals surface area contributed by atoms with Crippen LogP contribution in [0.25, 0.3) is 0 Å². The van der Waals surface area contributed by atoms with Gasteiger partial charge in [0.05, 0.1) is 6.26 Å². The first-order valence-corrected chi connectivity index (χ1v) is 8.67. The Morgan fingerprint density at radius 3 is 2.28 bits per heavy atom. The number of ketones is 1. The summed E-state index contributed by atoms with van der Waals surface area (Å²) < 4.78 is 6.17. The Bertz CT molecular complexity index is 846. The zero-order valence-corrected chi connectivity index (χ0v) is 15.3. The van der Waals surface area contributed by atoms with Crippen LogP contribution in [-0.2, 0) is 0 Å². The Morgan fingerprint density at radius 2 is 1.64 bits per heavy atom. The molecule has 0 bridgehead atoms. The summed E-state index contributed by atoms with van der Waals surface area (Å²) in [6, 6.07) is 19.5. The molecule has 0 radical (unpaired) electrons. The monoisotopic (exact) mass is 446 g/mol. The lowest BCUT2D eigenvalue weighted by molar-refractivity contribution is 0.0853. The lowest BCUT2D eigenvalue weighted by atomic mass is 10.1. The van der Waals surface area contributed by atoms with Crippen molar-refractivity contribution in [3.8, 4) is 0 Å². The summed E-state index contributed by atoms with van der Waals surface area (Å²) in [5, 5.41) is 5.76. The number of amides is 1. The summed E-state index contributed by atoms with van der Waals surface area (Å²) in [4.78, 5) is 25.1. The normalized spacial score (nSPS) is 11.6. The number of furan rings is 1. The molecule has 3 rings (SSSR count). The number of anilines is 1.